The first-order chi connectivity index (χ1) is 10.6. The maximum atomic E-state index is 11.8. The molecule has 1 aromatic carbocycles. The van der Waals surface area contributed by atoms with E-state index in [1.54, 1.807) is 12.5 Å². The molecule has 3 atom stereocenters. The van der Waals surface area contributed by atoms with Gasteiger partial charge in [-0.15, -0.1) is 0 Å². The van der Waals surface area contributed by atoms with Crippen molar-refractivity contribution in [1.29, 1.82) is 5.26 Å². The van der Waals surface area contributed by atoms with E-state index < -0.39 is 11.4 Å². The minimum atomic E-state index is -0.925. The van der Waals surface area contributed by atoms with Crippen molar-refractivity contribution in [3.63, 3.8) is 0 Å². The summed E-state index contributed by atoms with van der Waals surface area (Å²) in [6, 6.07) is 11.9. The Morgan fingerprint density at radius 3 is 2.91 bits per heavy atom. The van der Waals surface area contributed by atoms with Crippen molar-refractivity contribution in [3.8, 4) is 11.8 Å². The number of carbonyl (C=O) groups is 1. The molecule has 1 saturated carbocycles. The van der Waals surface area contributed by atoms with Gasteiger partial charge in [-0.25, -0.2) is 4.98 Å². The molecule has 1 fully saturated rings. The molecule has 1 aromatic heterocycles. The molecule has 5 heteroatoms. The fourth-order valence-corrected chi connectivity index (χ4v) is 3.07. The minimum Gasteiger partial charge on any atom is -0.481 e. The van der Waals surface area contributed by atoms with Gasteiger partial charge in [0.05, 0.1) is 18.1 Å². The summed E-state index contributed by atoms with van der Waals surface area (Å²) in [5.74, 6) is -0.998. The monoisotopic (exact) mass is 295 g/mol. The van der Waals surface area contributed by atoms with Gasteiger partial charge in [0, 0.05) is 17.8 Å². The smallest absolute Gasteiger partial charge is 0.316 e. The number of para-hydroxylation sites is 1. The highest BCUT2D eigenvalue weighted by Gasteiger charge is 2.63. The molecule has 1 aliphatic rings. The molecule has 22 heavy (non-hydrogen) atoms. The Hall–Kier alpha value is -2.61. The Morgan fingerprint density at radius 2 is 2.27 bits per heavy atom. The maximum absolute atomic E-state index is 11.8. The lowest BCUT2D eigenvalue weighted by molar-refractivity contribution is -0.140. The molecule has 5 nitrogen and oxygen atoms in total. The predicted octanol–water partition coefficient (Wildman–Crippen LogP) is 2.76. The van der Waals surface area contributed by atoms with Gasteiger partial charge in [-0.1, -0.05) is 18.2 Å². The lowest BCUT2D eigenvalue weighted by Crippen LogP contribution is -2.23. The number of carboxylic acids is 1. The zero-order chi connectivity index (χ0) is 15.7. The summed E-state index contributed by atoms with van der Waals surface area (Å²) in [6.45, 7) is 1.83. The number of nitrogens with zero attached hydrogens (tertiary/aromatic N) is 3. The molecule has 0 saturated heterocycles. The topological polar surface area (TPSA) is 78.9 Å². The highest BCUT2D eigenvalue weighted by Crippen LogP contribution is 2.56. The summed E-state index contributed by atoms with van der Waals surface area (Å²) < 4.78 is 1.84. The Bertz CT molecular complexity index is 732. The molecule has 0 bridgehead atoms. The lowest BCUT2D eigenvalue weighted by Gasteiger charge is -2.10. The number of carboxylic acid groups (broad SMARTS) is 1. The zero-order valence-corrected chi connectivity index (χ0v) is 12.3. The van der Waals surface area contributed by atoms with Crippen LogP contribution in [0.25, 0.3) is 5.69 Å². The van der Waals surface area contributed by atoms with Crippen LogP contribution >= 0.6 is 0 Å². The van der Waals surface area contributed by atoms with Gasteiger partial charge in [0.2, 0.25) is 0 Å². The molecular formula is C17H17N3O2. The Kier molecular flexibility index (Phi) is 3.45. The van der Waals surface area contributed by atoms with Crippen molar-refractivity contribution in [3.05, 3.63) is 48.5 Å². The largest absolute Gasteiger partial charge is 0.481 e. The second-order valence-electron chi connectivity index (χ2n) is 5.95. The Labute approximate surface area is 128 Å². The number of hydrogen-bond acceptors (Lipinski definition) is 3. The van der Waals surface area contributed by atoms with Gasteiger partial charge in [-0.2, -0.15) is 5.26 Å². The fourth-order valence-electron chi connectivity index (χ4n) is 3.07. The molecule has 1 unspecified atom stereocenters. The van der Waals surface area contributed by atoms with Crippen molar-refractivity contribution in [2.24, 2.45) is 11.8 Å². The van der Waals surface area contributed by atoms with Crippen molar-refractivity contribution < 1.29 is 9.90 Å². The standard InChI is InChI=1S/C17H17N3O2/c1-12(9-18)7-13-8-17(13,16(21)22)15-10-20(11-19-15)14-5-3-2-4-6-14/h2-6,10-13H,7-8H2,1H3,(H,21,22)/t12?,13-,17+/m0/s1. The van der Waals surface area contributed by atoms with E-state index >= 15 is 0 Å². The van der Waals surface area contributed by atoms with Gasteiger partial charge in [-0.05, 0) is 37.8 Å². The summed E-state index contributed by atoms with van der Waals surface area (Å²) in [4.78, 5) is 16.1. The van der Waals surface area contributed by atoms with Crippen LogP contribution in [0.1, 0.15) is 25.5 Å². The first-order valence-electron chi connectivity index (χ1n) is 7.31. The van der Waals surface area contributed by atoms with Crippen LogP contribution in [0.2, 0.25) is 0 Å². The lowest BCUT2D eigenvalue weighted by atomic mass is 9.95. The van der Waals surface area contributed by atoms with Gasteiger partial charge in [-0.3, -0.25) is 4.79 Å². The summed E-state index contributed by atoms with van der Waals surface area (Å²) in [5, 5.41) is 18.6. The van der Waals surface area contributed by atoms with Crippen LogP contribution in [0.3, 0.4) is 0 Å². The van der Waals surface area contributed by atoms with E-state index in [2.05, 4.69) is 11.1 Å². The van der Waals surface area contributed by atoms with Gasteiger partial charge >= 0.3 is 5.97 Å². The molecule has 0 radical (unpaired) electrons. The number of aromatic nitrogens is 2. The third-order valence-corrected chi connectivity index (χ3v) is 4.44. The van der Waals surface area contributed by atoms with Crippen LogP contribution in [0.5, 0.6) is 0 Å². The van der Waals surface area contributed by atoms with Crippen molar-refractivity contribution in [2.45, 2.75) is 25.2 Å². The molecule has 0 aliphatic heterocycles. The first kappa shape index (κ1) is 14.3. The van der Waals surface area contributed by atoms with E-state index in [9.17, 15) is 9.90 Å². The van der Waals surface area contributed by atoms with Crippen LogP contribution in [0.4, 0.5) is 0 Å². The predicted molar refractivity (Wildman–Crippen MR) is 80.4 cm³/mol. The van der Waals surface area contributed by atoms with E-state index in [0.29, 0.717) is 18.5 Å². The van der Waals surface area contributed by atoms with Crippen LogP contribution in [-0.2, 0) is 10.2 Å². The third-order valence-electron chi connectivity index (χ3n) is 4.44. The molecule has 1 aliphatic carbocycles. The second-order valence-corrected chi connectivity index (χ2v) is 5.95. The summed E-state index contributed by atoms with van der Waals surface area (Å²) in [7, 11) is 0. The molecule has 3 rings (SSSR count). The van der Waals surface area contributed by atoms with E-state index in [1.807, 2.05) is 41.8 Å². The quantitative estimate of drug-likeness (QED) is 0.920. The van der Waals surface area contributed by atoms with Gasteiger partial charge < -0.3 is 9.67 Å². The minimum absolute atomic E-state index is 0.0150. The third kappa shape index (κ3) is 2.27. The number of aliphatic carboxylic acids is 1. The number of imidazole rings is 1. The number of nitriles is 1. The van der Waals surface area contributed by atoms with E-state index in [4.69, 9.17) is 5.26 Å². The summed E-state index contributed by atoms with van der Waals surface area (Å²) in [6.07, 6.45) is 4.60. The van der Waals surface area contributed by atoms with Crippen LogP contribution in [-0.4, -0.2) is 20.6 Å². The van der Waals surface area contributed by atoms with E-state index in [1.165, 1.54) is 0 Å². The Balaban J connectivity index is 1.88. The van der Waals surface area contributed by atoms with Crippen LogP contribution < -0.4 is 0 Å². The number of rotatable bonds is 5. The van der Waals surface area contributed by atoms with Crippen LogP contribution in [0, 0.1) is 23.2 Å². The number of benzene rings is 1. The van der Waals surface area contributed by atoms with E-state index in [-0.39, 0.29) is 11.8 Å². The fraction of sp³-hybridized carbons (Fsp3) is 0.353. The van der Waals surface area contributed by atoms with Crippen molar-refractivity contribution in [1.82, 2.24) is 9.55 Å². The highest BCUT2D eigenvalue weighted by molar-refractivity contribution is 5.85. The number of hydrogen-bond donors (Lipinski definition) is 1. The Morgan fingerprint density at radius 1 is 1.55 bits per heavy atom. The van der Waals surface area contributed by atoms with Crippen LogP contribution in [0.15, 0.2) is 42.9 Å². The normalized spacial score (nSPS) is 24.5. The first-order valence-corrected chi connectivity index (χ1v) is 7.31. The summed E-state index contributed by atoms with van der Waals surface area (Å²) in [5.41, 5.74) is 0.605. The molecule has 2 aromatic rings. The second kappa shape index (κ2) is 5.30. The van der Waals surface area contributed by atoms with Crippen molar-refractivity contribution in [2.75, 3.05) is 0 Å². The van der Waals surface area contributed by atoms with Gasteiger partial charge in [0.15, 0.2) is 0 Å². The summed E-state index contributed by atoms with van der Waals surface area (Å²) >= 11 is 0. The molecule has 1 heterocycles. The molecule has 0 amide bonds. The molecule has 112 valence electrons. The van der Waals surface area contributed by atoms with E-state index in [0.717, 1.165) is 5.69 Å². The average molecular weight is 295 g/mol. The molecular weight excluding hydrogens is 278 g/mol. The average Bonchev–Trinajstić information content (AvgIpc) is 3.04. The zero-order valence-electron chi connectivity index (χ0n) is 12.3. The molecule has 0 spiro atoms. The molecule has 1 N–H and O–H groups in total. The maximum Gasteiger partial charge on any atom is 0.316 e. The van der Waals surface area contributed by atoms with Gasteiger partial charge in [0.1, 0.15) is 5.41 Å². The highest BCUT2D eigenvalue weighted by atomic mass is 16.4. The van der Waals surface area contributed by atoms with Crippen molar-refractivity contribution >= 4 is 5.97 Å². The SMILES string of the molecule is CC(C#N)C[C@H]1C[C@]1(C(=O)O)c1cn(-c2ccccc2)cn1. The van der Waals surface area contributed by atoms with Gasteiger partial charge in [0.25, 0.3) is 0 Å².